The van der Waals surface area contributed by atoms with Gasteiger partial charge in [-0.2, -0.15) is 0 Å². The second-order valence-corrected chi connectivity index (χ2v) is 4.38. The van der Waals surface area contributed by atoms with Crippen LogP contribution in [0.1, 0.15) is 44.6 Å². The van der Waals surface area contributed by atoms with Gasteiger partial charge in [-0.05, 0) is 39.8 Å². The molecule has 16 heavy (non-hydrogen) atoms. The Balaban J connectivity index is 2.55. The van der Waals surface area contributed by atoms with Crippen LogP contribution in [-0.4, -0.2) is 19.3 Å². The largest absolute Gasteiger partial charge is 0.469 e. The van der Waals surface area contributed by atoms with Gasteiger partial charge in [0, 0.05) is 5.56 Å². The molecule has 3 heteroatoms. The van der Waals surface area contributed by atoms with Crippen molar-refractivity contribution in [2.24, 2.45) is 0 Å². The Kier molecular flexibility index (Phi) is 5.56. The zero-order chi connectivity index (χ0) is 12.0. The molecule has 0 amide bonds. The van der Waals surface area contributed by atoms with Crippen LogP contribution >= 0.6 is 0 Å². The molecule has 0 saturated heterocycles. The number of ether oxygens (including phenoxy) is 1. The van der Waals surface area contributed by atoms with Gasteiger partial charge >= 0.3 is 0 Å². The smallest absolute Gasteiger partial charge is 0.101 e. The first-order valence-corrected chi connectivity index (χ1v) is 6.03. The molecule has 1 rings (SSSR count). The summed E-state index contributed by atoms with van der Waals surface area (Å²) < 4.78 is 11.0. The van der Waals surface area contributed by atoms with Gasteiger partial charge in [0.15, 0.2) is 0 Å². The van der Waals surface area contributed by atoms with E-state index in [0.717, 1.165) is 18.7 Å². The summed E-state index contributed by atoms with van der Waals surface area (Å²) in [7, 11) is 0. The van der Waals surface area contributed by atoms with Gasteiger partial charge in [0.1, 0.15) is 5.76 Å². The van der Waals surface area contributed by atoms with E-state index in [1.807, 2.05) is 13.2 Å². The fourth-order valence-electron chi connectivity index (χ4n) is 1.53. The van der Waals surface area contributed by atoms with E-state index >= 15 is 0 Å². The minimum atomic E-state index is 0.236. The van der Waals surface area contributed by atoms with Crippen LogP contribution < -0.4 is 5.32 Å². The Morgan fingerprint density at radius 1 is 1.44 bits per heavy atom. The lowest BCUT2D eigenvalue weighted by Gasteiger charge is -2.18. The fourth-order valence-corrected chi connectivity index (χ4v) is 1.53. The maximum absolute atomic E-state index is 5.66. The molecule has 0 aliphatic carbocycles. The molecule has 1 N–H and O–H groups in total. The number of rotatable bonds is 7. The highest BCUT2D eigenvalue weighted by atomic mass is 16.5. The Hall–Kier alpha value is -0.800. The van der Waals surface area contributed by atoms with Gasteiger partial charge in [-0.15, -0.1) is 0 Å². The van der Waals surface area contributed by atoms with E-state index in [1.54, 1.807) is 0 Å². The predicted octanol–water partition coefficient (Wildman–Crippen LogP) is 3.05. The molecule has 1 heterocycles. The van der Waals surface area contributed by atoms with Crippen molar-refractivity contribution in [2.75, 3.05) is 13.2 Å². The van der Waals surface area contributed by atoms with Gasteiger partial charge in [-0.25, -0.2) is 0 Å². The highest BCUT2D eigenvalue weighted by molar-refractivity contribution is 5.16. The molecule has 92 valence electrons. The maximum Gasteiger partial charge on any atom is 0.101 e. The molecule has 0 spiro atoms. The lowest BCUT2D eigenvalue weighted by molar-refractivity contribution is 0.0610. The highest BCUT2D eigenvalue weighted by Crippen LogP contribution is 2.17. The molecular weight excluding hydrogens is 202 g/mol. The van der Waals surface area contributed by atoms with Crippen molar-refractivity contribution in [1.29, 1.82) is 0 Å². The molecule has 3 nitrogen and oxygen atoms in total. The summed E-state index contributed by atoms with van der Waals surface area (Å²) in [5.41, 5.74) is 1.17. The van der Waals surface area contributed by atoms with Crippen LogP contribution in [0.15, 0.2) is 16.7 Å². The molecule has 0 aliphatic heterocycles. The fraction of sp³-hybridized carbons (Fsp3) is 0.692. The number of nitrogens with one attached hydrogen (secondary N) is 1. The summed E-state index contributed by atoms with van der Waals surface area (Å²) in [6.45, 7) is 9.92. The summed E-state index contributed by atoms with van der Waals surface area (Å²) in [4.78, 5) is 0. The molecule has 0 aromatic carbocycles. The molecule has 0 aliphatic rings. The van der Waals surface area contributed by atoms with Crippen molar-refractivity contribution in [2.45, 2.75) is 46.3 Å². The molecule has 0 fully saturated rings. The van der Waals surface area contributed by atoms with Gasteiger partial charge in [0.05, 0.1) is 25.0 Å². The average molecular weight is 225 g/mol. The third-order valence-electron chi connectivity index (χ3n) is 2.39. The van der Waals surface area contributed by atoms with Crippen LogP contribution in [0.3, 0.4) is 0 Å². The zero-order valence-corrected chi connectivity index (χ0v) is 10.7. The molecular formula is C13H23NO2. The monoisotopic (exact) mass is 225 g/mol. The van der Waals surface area contributed by atoms with Gasteiger partial charge < -0.3 is 14.5 Å². The molecule has 1 unspecified atom stereocenters. The van der Waals surface area contributed by atoms with E-state index in [2.05, 4.69) is 32.2 Å². The Bertz CT molecular complexity index is 294. The van der Waals surface area contributed by atoms with E-state index in [-0.39, 0.29) is 12.1 Å². The Morgan fingerprint density at radius 3 is 2.69 bits per heavy atom. The van der Waals surface area contributed by atoms with E-state index in [0.29, 0.717) is 6.61 Å². The normalized spacial score (nSPS) is 13.3. The van der Waals surface area contributed by atoms with Crippen LogP contribution in [-0.2, 0) is 4.74 Å². The third kappa shape index (κ3) is 4.37. The van der Waals surface area contributed by atoms with Gasteiger partial charge in [-0.1, -0.05) is 6.92 Å². The second kappa shape index (κ2) is 6.71. The standard InChI is InChI=1S/C13H23NO2/c1-5-6-14-13(9-15-10(2)3)12-7-11(4)16-8-12/h7-8,10,13-14H,5-6,9H2,1-4H3. The minimum Gasteiger partial charge on any atom is -0.469 e. The molecule has 1 atom stereocenters. The first-order valence-electron chi connectivity index (χ1n) is 6.03. The van der Waals surface area contributed by atoms with Crippen LogP contribution in [0.4, 0.5) is 0 Å². The summed E-state index contributed by atoms with van der Waals surface area (Å²) in [6, 6.07) is 2.30. The SMILES string of the molecule is CCCNC(COC(C)C)c1coc(C)c1. The molecule has 0 radical (unpaired) electrons. The van der Waals surface area contributed by atoms with Crippen LogP contribution in [0.5, 0.6) is 0 Å². The first-order chi connectivity index (χ1) is 7.63. The maximum atomic E-state index is 5.66. The second-order valence-electron chi connectivity index (χ2n) is 4.38. The lowest BCUT2D eigenvalue weighted by atomic mass is 10.1. The minimum absolute atomic E-state index is 0.236. The average Bonchev–Trinajstić information content (AvgIpc) is 2.64. The quantitative estimate of drug-likeness (QED) is 0.774. The van der Waals surface area contributed by atoms with Gasteiger partial charge in [0.2, 0.25) is 0 Å². The summed E-state index contributed by atoms with van der Waals surface area (Å²) in [5.74, 6) is 0.947. The Morgan fingerprint density at radius 2 is 2.19 bits per heavy atom. The van der Waals surface area contributed by atoms with Crippen molar-refractivity contribution in [3.05, 3.63) is 23.7 Å². The molecule has 1 aromatic heterocycles. The topological polar surface area (TPSA) is 34.4 Å². The third-order valence-corrected chi connectivity index (χ3v) is 2.39. The van der Waals surface area contributed by atoms with E-state index in [4.69, 9.17) is 9.15 Å². The van der Waals surface area contributed by atoms with Gasteiger partial charge in [-0.3, -0.25) is 0 Å². The first kappa shape index (κ1) is 13.3. The number of hydrogen-bond donors (Lipinski definition) is 1. The molecule has 0 saturated carbocycles. The van der Waals surface area contributed by atoms with Crippen molar-refractivity contribution in [1.82, 2.24) is 5.32 Å². The summed E-state index contributed by atoms with van der Waals surface area (Å²) >= 11 is 0. The number of hydrogen-bond acceptors (Lipinski definition) is 3. The Labute approximate surface area is 98.2 Å². The van der Waals surface area contributed by atoms with Gasteiger partial charge in [0.25, 0.3) is 0 Å². The van der Waals surface area contributed by atoms with E-state index in [1.165, 1.54) is 5.56 Å². The van der Waals surface area contributed by atoms with Crippen molar-refractivity contribution in [3.8, 4) is 0 Å². The molecule has 0 bridgehead atoms. The van der Waals surface area contributed by atoms with E-state index < -0.39 is 0 Å². The van der Waals surface area contributed by atoms with Crippen molar-refractivity contribution >= 4 is 0 Å². The number of furan rings is 1. The lowest BCUT2D eigenvalue weighted by Crippen LogP contribution is -2.27. The molecule has 1 aromatic rings. The van der Waals surface area contributed by atoms with Crippen LogP contribution in [0.2, 0.25) is 0 Å². The van der Waals surface area contributed by atoms with Crippen molar-refractivity contribution < 1.29 is 9.15 Å². The summed E-state index contributed by atoms with van der Waals surface area (Å²) in [5, 5.41) is 3.47. The number of aryl methyl sites for hydroxylation is 1. The van der Waals surface area contributed by atoms with E-state index in [9.17, 15) is 0 Å². The van der Waals surface area contributed by atoms with Crippen LogP contribution in [0.25, 0.3) is 0 Å². The van der Waals surface area contributed by atoms with Crippen molar-refractivity contribution in [3.63, 3.8) is 0 Å². The van der Waals surface area contributed by atoms with Crippen LogP contribution in [0, 0.1) is 6.92 Å². The zero-order valence-electron chi connectivity index (χ0n) is 10.7. The predicted molar refractivity (Wildman–Crippen MR) is 65.6 cm³/mol. The summed E-state index contributed by atoms with van der Waals surface area (Å²) in [6.07, 6.45) is 3.19. The highest BCUT2D eigenvalue weighted by Gasteiger charge is 2.13.